The third kappa shape index (κ3) is 20.3. The van der Waals surface area contributed by atoms with Crippen LogP contribution in [0.25, 0.3) is 8.25 Å². The molecular weight excluding hydrogens is 857 g/mol. The number of hydrogen-bond donors (Lipinski definition) is 0. The Bertz CT molecular complexity index is 1670. The van der Waals surface area contributed by atoms with Gasteiger partial charge in [-0.05, 0) is 19.3 Å². The summed E-state index contributed by atoms with van der Waals surface area (Å²) in [6, 6.07) is 0. The fourth-order valence-electron chi connectivity index (χ4n) is 3.11. The van der Waals surface area contributed by atoms with Gasteiger partial charge in [-0.15, -0.1) is 0 Å². The Labute approximate surface area is 304 Å². The molecule has 2 heterocycles. The summed E-state index contributed by atoms with van der Waals surface area (Å²) in [7, 11) is -22.8. The molecule has 54 heavy (non-hydrogen) atoms. The van der Waals surface area contributed by atoms with E-state index in [0.717, 1.165) is 14.8 Å². The van der Waals surface area contributed by atoms with Gasteiger partial charge in [-0.3, -0.25) is 0 Å². The number of unbranched alkanes of at least 4 members (excludes halogenated alkanes) is 6. The Kier molecular flexibility index (Phi) is 21.3. The minimum atomic E-state index is -6.72. The highest BCUT2D eigenvalue weighted by molar-refractivity contribution is 8.13. The van der Waals surface area contributed by atoms with Crippen molar-refractivity contribution in [3.63, 3.8) is 0 Å². The third-order valence-electron chi connectivity index (χ3n) is 5.75. The lowest BCUT2D eigenvalue weighted by Crippen LogP contribution is -2.30. The minimum absolute atomic E-state index is 0.778. The Hall–Kier alpha value is -2.70. The van der Waals surface area contributed by atoms with E-state index < -0.39 is 62.1 Å². The van der Waals surface area contributed by atoms with Crippen LogP contribution in [0.2, 0.25) is 0 Å². The van der Waals surface area contributed by atoms with E-state index in [2.05, 4.69) is 76.6 Å². The fourth-order valence-corrected chi connectivity index (χ4v) is 6.53. The molecule has 0 aromatic carbocycles. The molecule has 0 aliphatic carbocycles. The van der Waals surface area contributed by atoms with Gasteiger partial charge in [0.05, 0.1) is 27.2 Å². The van der Waals surface area contributed by atoms with Gasteiger partial charge >= 0.3 is 22.0 Å². The molecule has 0 saturated heterocycles. The van der Waals surface area contributed by atoms with Crippen molar-refractivity contribution >= 4 is 40.1 Å². The Morgan fingerprint density at radius 3 is 0.963 bits per heavy atom. The summed E-state index contributed by atoms with van der Waals surface area (Å²) in [5.74, 6) is 0. The van der Waals surface area contributed by atoms with Crippen molar-refractivity contribution in [2.75, 3.05) is 0 Å². The summed E-state index contributed by atoms with van der Waals surface area (Å²) in [6.45, 7) is 6.80. The van der Waals surface area contributed by atoms with E-state index in [4.69, 9.17) is 0 Å². The van der Waals surface area contributed by atoms with Crippen LogP contribution in [0.3, 0.4) is 0 Å². The second-order valence-corrected chi connectivity index (χ2v) is 17.4. The highest BCUT2D eigenvalue weighted by Crippen LogP contribution is 2.37. The van der Waals surface area contributed by atoms with Crippen molar-refractivity contribution in [1.29, 1.82) is 0 Å². The highest BCUT2D eigenvalue weighted by Gasteiger charge is 2.48. The molecule has 0 unspecified atom stereocenters. The Morgan fingerprint density at radius 2 is 0.722 bits per heavy atom. The molecule has 0 spiro atoms. The number of nitrogens with zero attached hydrogens (tertiary/aromatic N) is 6. The highest BCUT2D eigenvalue weighted by atomic mass is 32.3. The number of rotatable bonds is 14. The second-order valence-electron chi connectivity index (χ2n) is 10.6. The summed E-state index contributed by atoms with van der Waals surface area (Å²) in [5, 5.41) is 0. The van der Waals surface area contributed by atoms with Gasteiger partial charge in [-0.1, -0.05) is 46.0 Å². The summed E-state index contributed by atoms with van der Waals surface area (Å²) in [6.07, 6.45) is 23.5. The fraction of sp³-hybridized carbons (Fsp3) is 0.750. The maximum absolute atomic E-state index is 11.4. The van der Waals surface area contributed by atoms with Crippen molar-refractivity contribution in [1.82, 2.24) is 9.13 Å². The molecule has 0 radical (unpaired) electrons. The summed E-state index contributed by atoms with van der Waals surface area (Å²) < 4.78 is 227. The SMILES string of the molecule is CCCCCCCCn1cc[n+](C)c1.CCCCn1cc[n+](C)c1.O=S(=O)([N-]S(=O)(=O)C(F)(F)F)C(F)(F)F.O=S(=O)([N-]S(=O)(=O)C(F)(F)F)C(F)(F)F. The third-order valence-corrected chi connectivity index (χ3v) is 11.2. The van der Waals surface area contributed by atoms with Gasteiger partial charge in [-0.25, -0.2) is 51.9 Å². The van der Waals surface area contributed by atoms with Gasteiger partial charge in [0.25, 0.3) is 0 Å². The molecule has 14 nitrogen and oxygen atoms in total. The van der Waals surface area contributed by atoms with E-state index in [9.17, 15) is 86.4 Å². The average Bonchev–Trinajstić information content (AvgIpc) is 3.58. The maximum Gasteiger partial charge on any atom is 0.480 e. The lowest BCUT2D eigenvalue weighted by atomic mass is 10.1. The molecule has 0 N–H and O–H groups in total. The molecule has 0 bridgehead atoms. The van der Waals surface area contributed by atoms with Gasteiger partial charge in [0.1, 0.15) is 24.8 Å². The number of aryl methyl sites for hydroxylation is 4. The van der Waals surface area contributed by atoms with Crippen LogP contribution in [0, 0.1) is 0 Å². The van der Waals surface area contributed by atoms with Crippen LogP contribution < -0.4 is 9.13 Å². The number of alkyl halides is 12. The minimum Gasteiger partial charge on any atom is -0.421 e. The Balaban J connectivity index is 0. The first-order chi connectivity index (χ1) is 24.1. The van der Waals surface area contributed by atoms with Crippen molar-refractivity contribution in [3.05, 3.63) is 45.7 Å². The van der Waals surface area contributed by atoms with E-state index in [1.54, 1.807) is 0 Å². The zero-order valence-corrected chi connectivity index (χ0v) is 31.9. The molecule has 0 amide bonds. The van der Waals surface area contributed by atoms with E-state index in [1.165, 1.54) is 57.9 Å². The van der Waals surface area contributed by atoms with Gasteiger partial charge < -0.3 is 8.25 Å². The lowest BCUT2D eigenvalue weighted by molar-refractivity contribution is -0.671. The largest absolute Gasteiger partial charge is 0.480 e. The normalized spacial score (nSPS) is 13.2. The van der Waals surface area contributed by atoms with Gasteiger partial charge in [0.2, 0.25) is 12.7 Å². The molecule has 30 heteroatoms. The first-order valence-electron chi connectivity index (χ1n) is 14.8. The van der Waals surface area contributed by atoms with Crippen LogP contribution in [-0.2, 0) is 67.3 Å². The van der Waals surface area contributed by atoms with Crippen LogP contribution in [-0.4, -0.2) is 64.8 Å². The van der Waals surface area contributed by atoms with Crippen LogP contribution in [0.1, 0.15) is 65.2 Å². The molecule has 2 rings (SSSR count). The monoisotopic (exact) mass is 894 g/mol. The van der Waals surface area contributed by atoms with E-state index in [-0.39, 0.29) is 0 Å². The van der Waals surface area contributed by atoms with E-state index >= 15 is 0 Å². The zero-order chi connectivity index (χ0) is 43.0. The second kappa shape index (κ2) is 21.6. The molecular formula is C24H38F12N6O8S4. The van der Waals surface area contributed by atoms with Crippen molar-refractivity contribution in [2.45, 2.75) is 100 Å². The van der Waals surface area contributed by atoms with Crippen molar-refractivity contribution in [2.24, 2.45) is 14.1 Å². The topological polar surface area (TPSA) is 182 Å². The number of halogens is 12. The summed E-state index contributed by atoms with van der Waals surface area (Å²) in [4.78, 5) is 0. The molecule has 0 saturated carbocycles. The standard InChI is InChI=1S/C12H23N2.C8H15N2.2C2F6NO4S2/c1-3-4-5-6-7-8-9-14-11-10-13(2)12-14;1-3-4-5-10-7-6-9(2)8-10;2*3-1(4,5)14(10,11)9-15(12,13)2(6,7)8/h10-12H,3-9H2,1-2H3;6-8H,3-5H2,1-2H3;;/q2*+1;2*-1. The van der Waals surface area contributed by atoms with E-state index in [0.29, 0.717) is 0 Å². The summed E-state index contributed by atoms with van der Waals surface area (Å²) in [5.41, 5.74) is -24.8. The maximum atomic E-state index is 11.4. The van der Waals surface area contributed by atoms with Crippen LogP contribution in [0.15, 0.2) is 37.4 Å². The lowest BCUT2D eigenvalue weighted by Gasteiger charge is -2.22. The number of aromatic nitrogens is 4. The molecule has 0 aliphatic rings. The predicted molar refractivity (Wildman–Crippen MR) is 166 cm³/mol. The molecule has 2 aromatic heterocycles. The zero-order valence-electron chi connectivity index (χ0n) is 28.7. The molecule has 0 fully saturated rings. The first kappa shape index (κ1) is 53.4. The van der Waals surface area contributed by atoms with Gasteiger partial charge in [0.15, 0.2) is 40.1 Å². The van der Waals surface area contributed by atoms with Gasteiger partial charge in [0, 0.05) is 0 Å². The summed E-state index contributed by atoms with van der Waals surface area (Å²) >= 11 is 0. The molecule has 0 atom stereocenters. The van der Waals surface area contributed by atoms with Gasteiger partial charge in [-0.2, -0.15) is 52.7 Å². The van der Waals surface area contributed by atoms with Crippen LogP contribution in [0.4, 0.5) is 52.7 Å². The van der Waals surface area contributed by atoms with Crippen LogP contribution >= 0.6 is 0 Å². The van der Waals surface area contributed by atoms with Crippen molar-refractivity contribution < 1.29 is 95.5 Å². The predicted octanol–water partition coefficient (Wildman–Crippen LogP) is 5.90. The first-order valence-corrected chi connectivity index (χ1v) is 20.6. The molecule has 0 aliphatic heterocycles. The number of hydrogen-bond acceptors (Lipinski definition) is 8. The number of sulfonamides is 4. The number of imidazole rings is 2. The smallest absolute Gasteiger partial charge is 0.421 e. The average molecular weight is 895 g/mol. The molecule has 2 aromatic rings. The Morgan fingerprint density at radius 1 is 0.463 bits per heavy atom. The molecule has 320 valence electrons. The van der Waals surface area contributed by atoms with E-state index in [1.807, 2.05) is 7.05 Å². The van der Waals surface area contributed by atoms with Crippen molar-refractivity contribution in [3.8, 4) is 0 Å². The van der Waals surface area contributed by atoms with Crippen LogP contribution in [0.5, 0.6) is 0 Å². The quantitative estimate of drug-likeness (QED) is 0.128.